The second kappa shape index (κ2) is 8.64. The number of ether oxygens (including phenoxy) is 5. The Kier molecular flexibility index (Phi) is 6.18. The van der Waals surface area contributed by atoms with E-state index in [0.29, 0.717) is 6.61 Å². The van der Waals surface area contributed by atoms with Gasteiger partial charge in [0.05, 0.1) is 6.61 Å². The second-order valence-corrected chi connectivity index (χ2v) is 8.35. The summed E-state index contributed by atoms with van der Waals surface area (Å²) in [4.78, 5) is 0. The number of hydrogen-bond acceptors (Lipinski definition) is 5. The molecule has 154 valence electrons. The van der Waals surface area contributed by atoms with Crippen LogP contribution in [0.1, 0.15) is 58.4 Å². The fraction of sp³-hybridized carbons (Fsp3) is 0.652. The van der Waals surface area contributed by atoms with E-state index in [0.717, 1.165) is 12.8 Å². The van der Waals surface area contributed by atoms with Crippen LogP contribution in [0.4, 0.5) is 0 Å². The summed E-state index contributed by atoms with van der Waals surface area (Å²) in [7, 11) is 0. The number of hydrogen-bond donors (Lipinski definition) is 0. The van der Waals surface area contributed by atoms with Crippen LogP contribution in [0, 0.1) is 0 Å². The molecule has 1 aromatic carbocycles. The molecule has 0 aliphatic carbocycles. The van der Waals surface area contributed by atoms with Crippen molar-refractivity contribution in [1.29, 1.82) is 0 Å². The first-order valence-electron chi connectivity index (χ1n) is 10.6. The van der Waals surface area contributed by atoms with E-state index in [1.807, 2.05) is 19.9 Å². The average Bonchev–Trinajstić information content (AvgIpc) is 3.16. The van der Waals surface area contributed by atoms with Crippen molar-refractivity contribution in [3.05, 3.63) is 41.5 Å². The van der Waals surface area contributed by atoms with E-state index < -0.39 is 5.79 Å². The molecule has 4 rings (SSSR count). The van der Waals surface area contributed by atoms with Gasteiger partial charge in [-0.1, -0.05) is 62.6 Å². The van der Waals surface area contributed by atoms with Crippen LogP contribution in [0.15, 0.2) is 35.9 Å². The maximum absolute atomic E-state index is 6.39. The third kappa shape index (κ3) is 4.50. The van der Waals surface area contributed by atoms with Crippen molar-refractivity contribution >= 4 is 6.08 Å². The lowest BCUT2D eigenvalue weighted by molar-refractivity contribution is -0.273. The van der Waals surface area contributed by atoms with Crippen LogP contribution in [0.3, 0.4) is 0 Å². The van der Waals surface area contributed by atoms with Crippen LogP contribution in [0.25, 0.3) is 6.08 Å². The maximum atomic E-state index is 6.39. The minimum atomic E-state index is -0.639. The molecule has 3 aliphatic rings. The van der Waals surface area contributed by atoms with Gasteiger partial charge in [-0.25, -0.2) is 0 Å². The summed E-state index contributed by atoms with van der Waals surface area (Å²) in [6, 6.07) is 10.4. The van der Waals surface area contributed by atoms with Crippen LogP contribution in [0.5, 0.6) is 0 Å². The van der Waals surface area contributed by atoms with E-state index >= 15 is 0 Å². The topological polar surface area (TPSA) is 46.2 Å². The van der Waals surface area contributed by atoms with E-state index in [1.165, 1.54) is 30.4 Å². The highest BCUT2D eigenvalue weighted by molar-refractivity contribution is 5.53. The summed E-state index contributed by atoms with van der Waals surface area (Å²) in [5, 5.41) is 0. The zero-order valence-corrected chi connectivity index (χ0v) is 17.1. The summed E-state index contributed by atoms with van der Waals surface area (Å²) < 4.78 is 30.3. The quantitative estimate of drug-likeness (QED) is 0.636. The number of benzene rings is 1. The van der Waals surface area contributed by atoms with Crippen molar-refractivity contribution in [1.82, 2.24) is 0 Å². The summed E-state index contributed by atoms with van der Waals surface area (Å²) in [6.07, 6.45) is 6.77. The molecule has 28 heavy (non-hydrogen) atoms. The fourth-order valence-electron chi connectivity index (χ4n) is 4.18. The first kappa shape index (κ1) is 20.0. The SMILES string of the molecule is CCCCCC/C(=C\c1ccccc1)[C@H]1OC[C@H]2O[C@@H]3OC(C)(C)O[C@@H]3[C@H]2O1. The van der Waals surface area contributed by atoms with Crippen LogP contribution < -0.4 is 0 Å². The molecule has 0 bridgehead atoms. The monoisotopic (exact) mass is 388 g/mol. The van der Waals surface area contributed by atoms with Crippen LogP contribution in [-0.2, 0) is 23.7 Å². The van der Waals surface area contributed by atoms with Gasteiger partial charge in [0.1, 0.15) is 18.3 Å². The van der Waals surface area contributed by atoms with Crippen molar-refractivity contribution < 1.29 is 23.7 Å². The lowest BCUT2D eigenvalue weighted by atomic mass is 10.0. The lowest BCUT2D eigenvalue weighted by Gasteiger charge is -2.35. The van der Waals surface area contributed by atoms with E-state index in [-0.39, 0.29) is 30.9 Å². The molecular formula is C23H32O5. The molecule has 3 heterocycles. The van der Waals surface area contributed by atoms with Crippen molar-refractivity contribution in [2.75, 3.05) is 6.61 Å². The molecular weight excluding hydrogens is 356 g/mol. The molecule has 5 heteroatoms. The molecule has 1 aromatic rings. The van der Waals surface area contributed by atoms with Gasteiger partial charge in [-0.3, -0.25) is 0 Å². The lowest BCUT2D eigenvalue weighted by Crippen LogP contribution is -2.47. The van der Waals surface area contributed by atoms with Gasteiger partial charge in [-0.2, -0.15) is 0 Å². The third-order valence-electron chi connectivity index (χ3n) is 5.55. The summed E-state index contributed by atoms with van der Waals surface area (Å²) in [5.41, 5.74) is 2.35. The fourth-order valence-corrected chi connectivity index (χ4v) is 4.18. The normalized spacial score (nSPS) is 34.2. The van der Waals surface area contributed by atoms with Gasteiger partial charge in [0.15, 0.2) is 18.4 Å². The van der Waals surface area contributed by atoms with Gasteiger partial charge in [0, 0.05) is 0 Å². The molecule has 0 radical (unpaired) electrons. The molecule has 5 nitrogen and oxygen atoms in total. The van der Waals surface area contributed by atoms with Crippen molar-refractivity contribution in [2.24, 2.45) is 0 Å². The Balaban J connectivity index is 1.48. The Morgan fingerprint density at radius 2 is 1.86 bits per heavy atom. The Morgan fingerprint density at radius 3 is 2.64 bits per heavy atom. The zero-order chi connectivity index (χ0) is 19.6. The zero-order valence-electron chi connectivity index (χ0n) is 17.1. The van der Waals surface area contributed by atoms with Gasteiger partial charge in [0.25, 0.3) is 0 Å². The third-order valence-corrected chi connectivity index (χ3v) is 5.55. The largest absolute Gasteiger partial charge is 0.346 e. The molecule has 0 saturated carbocycles. The minimum absolute atomic E-state index is 0.139. The van der Waals surface area contributed by atoms with Crippen molar-refractivity contribution in [3.63, 3.8) is 0 Å². The molecule has 3 fully saturated rings. The molecule has 3 aliphatic heterocycles. The smallest absolute Gasteiger partial charge is 0.190 e. The molecule has 0 N–H and O–H groups in total. The van der Waals surface area contributed by atoms with Gasteiger partial charge < -0.3 is 23.7 Å². The average molecular weight is 389 g/mol. The van der Waals surface area contributed by atoms with Crippen LogP contribution in [-0.4, -0.2) is 43.3 Å². The highest BCUT2D eigenvalue weighted by Crippen LogP contribution is 2.41. The van der Waals surface area contributed by atoms with Crippen LogP contribution >= 0.6 is 0 Å². The molecule has 3 saturated heterocycles. The minimum Gasteiger partial charge on any atom is -0.346 e. The number of unbranched alkanes of at least 4 members (excludes halogenated alkanes) is 3. The summed E-state index contributed by atoms with van der Waals surface area (Å²) in [5.74, 6) is -0.639. The maximum Gasteiger partial charge on any atom is 0.190 e. The van der Waals surface area contributed by atoms with E-state index in [1.54, 1.807) is 0 Å². The van der Waals surface area contributed by atoms with E-state index in [2.05, 4.69) is 37.3 Å². The molecule has 0 spiro atoms. The van der Waals surface area contributed by atoms with Gasteiger partial charge in [-0.15, -0.1) is 0 Å². The molecule has 0 amide bonds. The molecule has 0 unspecified atom stereocenters. The second-order valence-electron chi connectivity index (χ2n) is 8.35. The first-order chi connectivity index (χ1) is 13.6. The predicted octanol–water partition coefficient (Wildman–Crippen LogP) is 4.66. The highest BCUT2D eigenvalue weighted by Gasteiger charge is 2.57. The standard InChI is InChI=1S/C23H32O5/c1-4-5-6-10-13-17(14-16-11-8-7-9-12-16)21-24-15-18-19(26-21)20-22(25-18)28-23(2,3)27-20/h7-9,11-12,14,18-22H,4-6,10,13,15H2,1-3H3/b17-14+/t18-,19+,20-,21+,22-/m1/s1. The molecule has 5 atom stereocenters. The Labute approximate surface area is 167 Å². The first-order valence-corrected chi connectivity index (χ1v) is 10.6. The van der Waals surface area contributed by atoms with E-state index in [9.17, 15) is 0 Å². The highest BCUT2D eigenvalue weighted by atomic mass is 16.9. The molecule has 0 aromatic heterocycles. The van der Waals surface area contributed by atoms with Crippen molar-refractivity contribution in [3.8, 4) is 0 Å². The van der Waals surface area contributed by atoms with Crippen LogP contribution in [0.2, 0.25) is 0 Å². The van der Waals surface area contributed by atoms with E-state index in [4.69, 9.17) is 23.7 Å². The summed E-state index contributed by atoms with van der Waals surface area (Å²) >= 11 is 0. The number of rotatable bonds is 7. The van der Waals surface area contributed by atoms with Gasteiger partial charge >= 0.3 is 0 Å². The van der Waals surface area contributed by atoms with Crippen molar-refractivity contribution in [2.45, 2.75) is 89.6 Å². The Morgan fingerprint density at radius 1 is 1.04 bits per heavy atom. The van der Waals surface area contributed by atoms with Gasteiger partial charge in [-0.05, 0) is 37.8 Å². The Hall–Kier alpha value is -1.24. The predicted molar refractivity (Wildman–Crippen MR) is 106 cm³/mol. The summed E-state index contributed by atoms with van der Waals surface area (Å²) in [6.45, 7) is 6.55. The van der Waals surface area contributed by atoms with Gasteiger partial charge in [0.2, 0.25) is 0 Å². The number of fused-ring (bicyclic) bond motifs is 3. The Bertz CT molecular complexity index is 671.